The molecule has 1 nitrogen and oxygen atoms in total. The van der Waals surface area contributed by atoms with Crippen molar-refractivity contribution in [3.63, 3.8) is 0 Å². The predicted molar refractivity (Wildman–Crippen MR) is 301 cm³/mol. The summed E-state index contributed by atoms with van der Waals surface area (Å²) in [5, 5.41) is 2.46. The molecule has 0 aromatic heterocycles. The highest BCUT2D eigenvalue weighted by Crippen LogP contribution is 2.67. The van der Waals surface area contributed by atoms with Crippen LogP contribution in [0.5, 0.6) is 0 Å². The molecule has 0 saturated carbocycles. The molecule has 0 amide bonds. The Morgan fingerprint density at radius 3 is 1.48 bits per heavy atom. The molecule has 344 valence electrons. The van der Waals surface area contributed by atoms with Crippen LogP contribution in [0.3, 0.4) is 0 Å². The van der Waals surface area contributed by atoms with E-state index < -0.39 is 5.41 Å². The van der Waals surface area contributed by atoms with Crippen LogP contribution < -0.4 is 4.90 Å². The Bertz CT molecular complexity index is 3760. The van der Waals surface area contributed by atoms with E-state index in [2.05, 4.69) is 273 Å². The van der Waals surface area contributed by atoms with Crippen molar-refractivity contribution < 1.29 is 0 Å². The van der Waals surface area contributed by atoms with Gasteiger partial charge in [-0.25, -0.2) is 0 Å². The van der Waals surface area contributed by atoms with Crippen LogP contribution in [-0.2, 0) is 21.7 Å². The van der Waals surface area contributed by atoms with Crippen molar-refractivity contribution in [3.8, 4) is 55.6 Å². The Hall–Kier alpha value is -7.74. The van der Waals surface area contributed by atoms with E-state index in [1.165, 1.54) is 117 Å². The lowest BCUT2D eigenvalue weighted by Crippen LogP contribution is -2.29. The average Bonchev–Trinajstić information content (AvgIpc) is 3.95. The zero-order valence-electron chi connectivity index (χ0n) is 42.2. The second-order valence-corrected chi connectivity index (χ2v) is 22.8. The summed E-state index contributed by atoms with van der Waals surface area (Å²) in [6, 6.07) is 81.3. The lowest BCUT2D eigenvalue weighted by atomic mass is 9.68. The van der Waals surface area contributed by atoms with E-state index >= 15 is 0 Å². The molecule has 0 radical (unpaired) electrons. The molecule has 0 unspecified atom stereocenters. The maximum atomic E-state index is 2.65. The van der Waals surface area contributed by atoms with E-state index in [0.717, 1.165) is 11.4 Å². The lowest BCUT2D eigenvalue weighted by Gasteiger charge is -2.38. The first-order valence-corrected chi connectivity index (χ1v) is 25.5. The van der Waals surface area contributed by atoms with Crippen LogP contribution in [0.25, 0.3) is 66.4 Å². The molecular weight excluding hydrogens is 855 g/mol. The summed E-state index contributed by atoms with van der Waals surface area (Å²) in [4.78, 5) is 2.65. The fourth-order valence-electron chi connectivity index (χ4n) is 12.9. The smallest absolute Gasteiger partial charge is 0.0746 e. The zero-order chi connectivity index (χ0) is 48.6. The summed E-state index contributed by atoms with van der Waals surface area (Å²) < 4.78 is 0. The van der Waals surface area contributed by atoms with E-state index in [1.807, 2.05) is 0 Å². The summed E-state index contributed by atoms with van der Waals surface area (Å²) in [5.74, 6) is 0. The van der Waals surface area contributed by atoms with Gasteiger partial charge < -0.3 is 4.90 Å². The van der Waals surface area contributed by atoms with Gasteiger partial charge in [-0.2, -0.15) is 0 Å². The Balaban J connectivity index is 1.17. The molecule has 0 N–H and O–H groups in total. The first-order valence-electron chi connectivity index (χ1n) is 25.5. The molecule has 3 aliphatic rings. The summed E-state index contributed by atoms with van der Waals surface area (Å²) in [7, 11) is 0. The summed E-state index contributed by atoms with van der Waals surface area (Å²) in [6.07, 6.45) is 0. The summed E-state index contributed by atoms with van der Waals surface area (Å²) in [6.45, 7) is 18.9. The molecule has 1 spiro atoms. The molecule has 1 heteroatoms. The molecule has 10 aromatic rings. The molecule has 10 aromatic carbocycles. The monoisotopic (exact) mass is 913 g/mol. The van der Waals surface area contributed by atoms with Gasteiger partial charge in [-0.15, -0.1) is 0 Å². The van der Waals surface area contributed by atoms with Crippen LogP contribution in [-0.4, -0.2) is 0 Å². The van der Waals surface area contributed by atoms with Gasteiger partial charge in [-0.1, -0.05) is 243 Å². The molecule has 0 saturated heterocycles. The average molecular weight is 914 g/mol. The SMILES string of the molecule is CC(C)(C)c1ccc2c(c1)C1(c3cc(C(C)(C)C)ccc3-2)c2ccccc2-c2cccc(N(c3ccccc3-c3ccc4ccccc4c3)c3ccccc3-c3cccc4c3-c3ccccc3C4(C)C)c21. The van der Waals surface area contributed by atoms with E-state index in [9.17, 15) is 0 Å². The van der Waals surface area contributed by atoms with Gasteiger partial charge in [0.15, 0.2) is 0 Å². The number of benzene rings is 10. The molecule has 3 aliphatic carbocycles. The first kappa shape index (κ1) is 43.3. The van der Waals surface area contributed by atoms with E-state index in [-0.39, 0.29) is 16.2 Å². The second kappa shape index (κ2) is 15.4. The fourth-order valence-corrected chi connectivity index (χ4v) is 12.9. The summed E-state index contributed by atoms with van der Waals surface area (Å²) in [5.41, 5.74) is 26.0. The van der Waals surface area contributed by atoms with E-state index in [1.54, 1.807) is 0 Å². The quantitative estimate of drug-likeness (QED) is 0.166. The Labute approximate surface area is 420 Å². The zero-order valence-corrected chi connectivity index (χ0v) is 42.2. The number of nitrogens with zero attached hydrogens (tertiary/aromatic N) is 1. The molecule has 13 rings (SSSR count). The van der Waals surface area contributed by atoms with Crippen LogP contribution >= 0.6 is 0 Å². The van der Waals surface area contributed by atoms with Gasteiger partial charge in [-0.05, 0) is 129 Å². The minimum atomic E-state index is -0.627. The van der Waals surface area contributed by atoms with Crippen molar-refractivity contribution >= 4 is 27.8 Å². The number of hydrogen-bond donors (Lipinski definition) is 0. The van der Waals surface area contributed by atoms with Crippen LogP contribution in [0.1, 0.15) is 99.9 Å². The number of hydrogen-bond acceptors (Lipinski definition) is 1. The standard InChI is InChI=1S/C70H59N/c1-67(2,3)47-37-39-51-52-40-38-48(68(4,5)6)43-61(52)70(60(51)42-47)58-30-16-11-24-50(58)55-28-20-34-64(66(55)70)71(62-32-17-13-23-49(62)46-36-35-44-21-9-10-22-45(44)41-46)63-33-18-14-25-53(63)54-27-19-31-59-65(54)56-26-12-15-29-57(56)69(59,7)8/h9-43H,1-8H3. The van der Waals surface area contributed by atoms with E-state index in [0.29, 0.717) is 0 Å². The predicted octanol–water partition coefficient (Wildman–Crippen LogP) is 18.9. The van der Waals surface area contributed by atoms with Crippen LogP contribution in [0.4, 0.5) is 17.1 Å². The van der Waals surface area contributed by atoms with Crippen molar-refractivity contribution in [2.45, 2.75) is 77.0 Å². The van der Waals surface area contributed by atoms with Gasteiger partial charge in [-0.3, -0.25) is 0 Å². The molecular formula is C70H59N. The van der Waals surface area contributed by atoms with Crippen LogP contribution in [0, 0.1) is 0 Å². The summed E-state index contributed by atoms with van der Waals surface area (Å²) >= 11 is 0. The van der Waals surface area contributed by atoms with Gasteiger partial charge in [0.2, 0.25) is 0 Å². The maximum absolute atomic E-state index is 2.65. The number of rotatable bonds is 5. The van der Waals surface area contributed by atoms with E-state index in [4.69, 9.17) is 0 Å². The molecule has 0 fully saturated rings. The fraction of sp³-hybridized carbons (Fsp3) is 0.171. The minimum Gasteiger partial charge on any atom is -0.309 e. The van der Waals surface area contributed by atoms with Crippen molar-refractivity contribution in [2.75, 3.05) is 4.90 Å². The molecule has 0 aliphatic heterocycles. The Morgan fingerprint density at radius 1 is 0.324 bits per heavy atom. The highest BCUT2D eigenvalue weighted by Gasteiger charge is 2.54. The normalized spacial score (nSPS) is 14.4. The lowest BCUT2D eigenvalue weighted by molar-refractivity contribution is 0.586. The topological polar surface area (TPSA) is 3.24 Å². The number of para-hydroxylation sites is 2. The molecule has 0 atom stereocenters. The van der Waals surface area contributed by atoms with Crippen molar-refractivity contribution in [1.82, 2.24) is 0 Å². The minimum absolute atomic E-state index is 0.0606. The third-order valence-corrected chi connectivity index (χ3v) is 16.4. The van der Waals surface area contributed by atoms with Crippen molar-refractivity contribution in [1.29, 1.82) is 0 Å². The molecule has 0 heterocycles. The maximum Gasteiger partial charge on any atom is 0.0746 e. The van der Waals surface area contributed by atoms with Crippen molar-refractivity contribution in [2.24, 2.45) is 0 Å². The molecule has 0 bridgehead atoms. The molecule has 71 heavy (non-hydrogen) atoms. The van der Waals surface area contributed by atoms with Crippen LogP contribution in [0.15, 0.2) is 212 Å². The van der Waals surface area contributed by atoms with Gasteiger partial charge >= 0.3 is 0 Å². The van der Waals surface area contributed by atoms with Crippen molar-refractivity contribution in [3.05, 3.63) is 257 Å². The third kappa shape index (κ3) is 6.25. The van der Waals surface area contributed by atoms with Crippen LogP contribution in [0.2, 0.25) is 0 Å². The Morgan fingerprint density at radius 2 is 0.803 bits per heavy atom. The highest BCUT2D eigenvalue weighted by molar-refractivity contribution is 6.04. The number of fused-ring (bicyclic) bond motifs is 14. The first-order chi connectivity index (χ1) is 34.3. The van der Waals surface area contributed by atoms with Gasteiger partial charge in [0.25, 0.3) is 0 Å². The van der Waals surface area contributed by atoms with Gasteiger partial charge in [0.1, 0.15) is 0 Å². The highest BCUT2D eigenvalue weighted by atomic mass is 15.2. The second-order valence-electron chi connectivity index (χ2n) is 22.8. The third-order valence-electron chi connectivity index (χ3n) is 16.4. The largest absolute Gasteiger partial charge is 0.309 e. The van der Waals surface area contributed by atoms with Gasteiger partial charge in [0, 0.05) is 22.1 Å². The Kier molecular flexibility index (Phi) is 9.38. The van der Waals surface area contributed by atoms with Gasteiger partial charge in [0.05, 0.1) is 22.5 Å². The number of anilines is 3.